The van der Waals surface area contributed by atoms with Crippen molar-refractivity contribution in [3.63, 3.8) is 0 Å². The first-order chi connectivity index (χ1) is 12.4. The summed E-state index contributed by atoms with van der Waals surface area (Å²) in [6.07, 6.45) is 4.59. The van der Waals surface area contributed by atoms with Crippen LogP contribution in [0.3, 0.4) is 0 Å². The zero-order chi connectivity index (χ0) is 18.8. The van der Waals surface area contributed by atoms with Gasteiger partial charge >= 0.3 is 0 Å². The summed E-state index contributed by atoms with van der Waals surface area (Å²) in [6.45, 7) is 9.70. The summed E-state index contributed by atoms with van der Waals surface area (Å²) in [5, 5.41) is 1.38. The quantitative estimate of drug-likeness (QED) is 0.578. The largest absolute Gasteiger partial charge is 0.342 e. The lowest BCUT2D eigenvalue weighted by Crippen LogP contribution is -2.33. The molecule has 0 saturated carbocycles. The van der Waals surface area contributed by atoms with Crippen molar-refractivity contribution in [1.82, 2.24) is 14.5 Å². The van der Waals surface area contributed by atoms with Crippen molar-refractivity contribution < 1.29 is 4.79 Å². The highest BCUT2D eigenvalue weighted by Gasteiger charge is 2.21. The fourth-order valence-corrected chi connectivity index (χ4v) is 5.48. The maximum Gasteiger partial charge on any atom is 0.263 e. The van der Waals surface area contributed by atoms with E-state index in [1.807, 2.05) is 32.6 Å². The molecule has 0 unspecified atom stereocenters. The zero-order valence-corrected chi connectivity index (χ0v) is 17.6. The fourth-order valence-electron chi connectivity index (χ4n) is 3.38. The number of aryl methyl sites for hydroxylation is 2. The predicted octanol–water partition coefficient (Wildman–Crippen LogP) is 4.15. The Morgan fingerprint density at radius 3 is 2.46 bits per heavy atom. The van der Waals surface area contributed by atoms with Gasteiger partial charge in [0.25, 0.3) is 5.56 Å². The van der Waals surface area contributed by atoms with Crippen molar-refractivity contribution in [2.75, 3.05) is 18.8 Å². The highest BCUT2D eigenvalue weighted by molar-refractivity contribution is 7.99. The van der Waals surface area contributed by atoms with Crippen LogP contribution < -0.4 is 5.56 Å². The minimum atomic E-state index is 0.00907. The summed E-state index contributed by atoms with van der Waals surface area (Å²) in [7, 11) is 0. The summed E-state index contributed by atoms with van der Waals surface area (Å²) in [6, 6.07) is 0.00907. The van der Waals surface area contributed by atoms with Crippen molar-refractivity contribution >= 4 is 39.2 Å². The first kappa shape index (κ1) is 19.4. The molecule has 1 saturated heterocycles. The van der Waals surface area contributed by atoms with E-state index >= 15 is 0 Å². The maximum absolute atomic E-state index is 13.0. The number of thioether (sulfide) groups is 1. The molecule has 7 heteroatoms. The number of hydrogen-bond donors (Lipinski definition) is 0. The zero-order valence-electron chi connectivity index (χ0n) is 16.0. The molecule has 3 rings (SSSR count). The number of aromatic nitrogens is 2. The van der Waals surface area contributed by atoms with Crippen LogP contribution in [0.4, 0.5) is 0 Å². The van der Waals surface area contributed by atoms with Gasteiger partial charge in [0.05, 0.1) is 11.1 Å². The van der Waals surface area contributed by atoms with Crippen LogP contribution in [0.5, 0.6) is 0 Å². The fraction of sp³-hybridized carbons (Fsp3) is 0.632. The van der Waals surface area contributed by atoms with Gasteiger partial charge in [0.1, 0.15) is 4.83 Å². The summed E-state index contributed by atoms with van der Waals surface area (Å²) < 4.78 is 1.74. The van der Waals surface area contributed by atoms with Crippen molar-refractivity contribution in [2.45, 2.75) is 64.6 Å². The lowest BCUT2D eigenvalue weighted by molar-refractivity contribution is -0.128. The highest BCUT2D eigenvalue weighted by Crippen LogP contribution is 2.29. The first-order valence-electron chi connectivity index (χ1n) is 9.33. The van der Waals surface area contributed by atoms with E-state index in [9.17, 15) is 9.59 Å². The average Bonchev–Trinajstić information content (AvgIpc) is 2.79. The third-order valence-electron chi connectivity index (χ3n) is 5.00. The molecule has 1 amide bonds. The van der Waals surface area contributed by atoms with Gasteiger partial charge in [-0.2, -0.15) is 0 Å². The Bertz CT molecular complexity index is 862. The van der Waals surface area contributed by atoms with Crippen molar-refractivity contribution in [1.29, 1.82) is 0 Å². The van der Waals surface area contributed by atoms with E-state index in [0.717, 1.165) is 46.6 Å². The molecule has 0 aliphatic carbocycles. The molecule has 0 atom stereocenters. The number of nitrogens with zero attached hydrogens (tertiary/aromatic N) is 3. The van der Waals surface area contributed by atoms with Gasteiger partial charge in [0.2, 0.25) is 5.91 Å². The van der Waals surface area contributed by atoms with Gasteiger partial charge in [-0.1, -0.05) is 24.6 Å². The summed E-state index contributed by atoms with van der Waals surface area (Å²) in [4.78, 5) is 34.3. The number of rotatable bonds is 4. The molecule has 1 fully saturated rings. The van der Waals surface area contributed by atoms with Gasteiger partial charge in [-0.25, -0.2) is 4.98 Å². The number of amides is 1. The summed E-state index contributed by atoms with van der Waals surface area (Å²) in [5.74, 6) is 0.494. The number of likely N-dealkylation sites (tertiary alicyclic amines) is 1. The monoisotopic (exact) mass is 393 g/mol. The first-order valence-corrected chi connectivity index (χ1v) is 11.1. The molecule has 0 N–H and O–H groups in total. The van der Waals surface area contributed by atoms with Crippen LogP contribution in [0.25, 0.3) is 10.2 Å². The SMILES string of the molecule is Cc1sc2nc(SCC(=O)N3CCCCCC3)n(C(C)C)c(=O)c2c1C. The summed E-state index contributed by atoms with van der Waals surface area (Å²) in [5.41, 5.74) is 1.03. The van der Waals surface area contributed by atoms with E-state index < -0.39 is 0 Å². The Labute approximate surface area is 162 Å². The number of carbonyl (C=O) groups is 1. The van der Waals surface area contributed by atoms with Crippen molar-refractivity contribution in [3.05, 3.63) is 20.8 Å². The van der Waals surface area contributed by atoms with E-state index in [4.69, 9.17) is 4.98 Å². The number of hydrogen-bond acceptors (Lipinski definition) is 5. The molecule has 0 bridgehead atoms. The van der Waals surface area contributed by atoms with E-state index in [0.29, 0.717) is 10.9 Å². The average molecular weight is 394 g/mol. The van der Waals surface area contributed by atoms with Gasteiger partial charge in [-0.15, -0.1) is 11.3 Å². The second kappa shape index (κ2) is 8.13. The van der Waals surface area contributed by atoms with E-state index in [1.165, 1.54) is 24.6 Å². The second-order valence-electron chi connectivity index (χ2n) is 7.21. The van der Waals surface area contributed by atoms with Crippen LogP contribution in [0.2, 0.25) is 0 Å². The van der Waals surface area contributed by atoms with Crippen LogP contribution in [0, 0.1) is 13.8 Å². The van der Waals surface area contributed by atoms with Crippen LogP contribution in [0.1, 0.15) is 56.0 Å². The highest BCUT2D eigenvalue weighted by atomic mass is 32.2. The molecule has 5 nitrogen and oxygen atoms in total. The molecule has 3 heterocycles. The van der Waals surface area contributed by atoms with Crippen LogP contribution >= 0.6 is 23.1 Å². The van der Waals surface area contributed by atoms with Gasteiger partial charge in [-0.05, 0) is 46.1 Å². The maximum atomic E-state index is 13.0. The third kappa shape index (κ3) is 3.83. The Hall–Kier alpha value is -1.34. The third-order valence-corrected chi connectivity index (χ3v) is 7.04. The van der Waals surface area contributed by atoms with Crippen LogP contribution in [-0.4, -0.2) is 39.2 Å². The second-order valence-corrected chi connectivity index (χ2v) is 9.36. The topological polar surface area (TPSA) is 55.2 Å². The van der Waals surface area contributed by atoms with Gasteiger partial charge in [0.15, 0.2) is 5.16 Å². The molecular formula is C19H27N3O2S2. The molecule has 1 aliphatic rings. The van der Waals surface area contributed by atoms with Crippen LogP contribution in [-0.2, 0) is 4.79 Å². The molecular weight excluding hydrogens is 366 g/mol. The minimum Gasteiger partial charge on any atom is -0.342 e. The Balaban J connectivity index is 1.88. The Morgan fingerprint density at radius 1 is 1.19 bits per heavy atom. The van der Waals surface area contributed by atoms with E-state index in [1.54, 1.807) is 15.9 Å². The van der Waals surface area contributed by atoms with Crippen LogP contribution in [0.15, 0.2) is 9.95 Å². The molecule has 0 spiro atoms. The molecule has 0 aromatic carbocycles. The number of thiophene rings is 1. The van der Waals surface area contributed by atoms with Crippen molar-refractivity contribution in [2.24, 2.45) is 0 Å². The smallest absolute Gasteiger partial charge is 0.263 e. The van der Waals surface area contributed by atoms with Gasteiger partial charge in [0, 0.05) is 24.0 Å². The van der Waals surface area contributed by atoms with Crippen molar-refractivity contribution in [3.8, 4) is 0 Å². The Morgan fingerprint density at radius 2 is 1.85 bits per heavy atom. The molecule has 142 valence electrons. The lowest BCUT2D eigenvalue weighted by atomic mass is 10.2. The Kier molecular flexibility index (Phi) is 6.07. The summed E-state index contributed by atoms with van der Waals surface area (Å²) >= 11 is 2.95. The standard InChI is InChI=1S/C19H27N3O2S2/c1-12(2)22-18(24)16-13(3)14(4)26-17(16)20-19(22)25-11-15(23)21-9-7-5-6-8-10-21/h12H,5-11H2,1-4H3. The number of carbonyl (C=O) groups excluding carboxylic acids is 1. The molecule has 26 heavy (non-hydrogen) atoms. The van der Waals surface area contributed by atoms with Gasteiger partial charge in [-0.3, -0.25) is 14.2 Å². The minimum absolute atomic E-state index is 0.00907. The van der Waals surface area contributed by atoms with E-state index in [-0.39, 0.29) is 17.5 Å². The van der Waals surface area contributed by atoms with E-state index in [2.05, 4.69) is 0 Å². The molecule has 1 aliphatic heterocycles. The van der Waals surface area contributed by atoms with Gasteiger partial charge < -0.3 is 4.90 Å². The molecule has 2 aromatic rings. The predicted molar refractivity (Wildman–Crippen MR) is 110 cm³/mol. The molecule has 0 radical (unpaired) electrons. The number of fused-ring (bicyclic) bond motifs is 1. The lowest BCUT2D eigenvalue weighted by Gasteiger charge is -2.21. The molecule has 2 aromatic heterocycles. The normalized spacial score (nSPS) is 15.7.